The number of nitrogen functional groups attached to an aromatic ring is 1. The van der Waals surface area contributed by atoms with Gasteiger partial charge in [-0.3, -0.25) is 0 Å². The van der Waals surface area contributed by atoms with Gasteiger partial charge in [0.25, 0.3) is 0 Å². The Bertz CT molecular complexity index is 574. The lowest BCUT2D eigenvalue weighted by Gasteiger charge is -2.11. The van der Waals surface area contributed by atoms with Gasteiger partial charge in [-0.05, 0) is 55.3 Å². The van der Waals surface area contributed by atoms with Gasteiger partial charge in [-0.1, -0.05) is 0 Å². The summed E-state index contributed by atoms with van der Waals surface area (Å²) in [6.45, 7) is 3.45. The zero-order valence-electron chi connectivity index (χ0n) is 10.2. The molecule has 0 aromatic heterocycles. The van der Waals surface area contributed by atoms with Gasteiger partial charge >= 0.3 is 0 Å². The van der Waals surface area contributed by atoms with Gasteiger partial charge in [-0.25, -0.2) is 8.78 Å². The van der Waals surface area contributed by atoms with Crippen molar-refractivity contribution in [2.75, 3.05) is 11.1 Å². The van der Waals surface area contributed by atoms with Crippen LogP contribution in [0.5, 0.6) is 0 Å². The first-order chi connectivity index (χ1) is 8.45. The number of hydrogen-bond acceptors (Lipinski definition) is 2. The van der Waals surface area contributed by atoms with Gasteiger partial charge in [0.15, 0.2) is 0 Å². The second-order valence-electron chi connectivity index (χ2n) is 4.33. The van der Waals surface area contributed by atoms with E-state index in [1.807, 2.05) is 0 Å². The number of nitrogens with one attached hydrogen (secondary N) is 1. The van der Waals surface area contributed by atoms with Crippen LogP contribution in [0.3, 0.4) is 0 Å². The largest absolute Gasteiger partial charge is 0.397 e. The molecule has 0 saturated heterocycles. The topological polar surface area (TPSA) is 38.0 Å². The van der Waals surface area contributed by atoms with Crippen molar-refractivity contribution in [3.8, 4) is 0 Å². The predicted molar refractivity (Wildman–Crippen MR) is 70.0 cm³/mol. The fraction of sp³-hybridized carbons (Fsp3) is 0.143. The van der Waals surface area contributed by atoms with Crippen LogP contribution in [0, 0.1) is 25.5 Å². The van der Waals surface area contributed by atoms with E-state index in [1.54, 1.807) is 26.0 Å². The fourth-order valence-electron chi connectivity index (χ4n) is 1.77. The summed E-state index contributed by atoms with van der Waals surface area (Å²) in [6, 6.07) is 7.45. The molecule has 94 valence electrons. The summed E-state index contributed by atoms with van der Waals surface area (Å²) in [6.07, 6.45) is 0. The smallest absolute Gasteiger partial charge is 0.128 e. The maximum atomic E-state index is 13.3. The van der Waals surface area contributed by atoms with Crippen molar-refractivity contribution in [1.82, 2.24) is 0 Å². The van der Waals surface area contributed by atoms with Crippen LogP contribution in [0.25, 0.3) is 0 Å². The highest BCUT2D eigenvalue weighted by Crippen LogP contribution is 2.26. The van der Waals surface area contributed by atoms with E-state index in [4.69, 9.17) is 5.73 Å². The van der Waals surface area contributed by atoms with E-state index in [1.165, 1.54) is 18.2 Å². The molecule has 0 heterocycles. The van der Waals surface area contributed by atoms with Gasteiger partial charge < -0.3 is 11.1 Å². The Balaban J connectivity index is 2.36. The lowest BCUT2D eigenvalue weighted by Crippen LogP contribution is -1.99. The standard InChI is InChI=1S/C14H14F2N2/c1-8-3-10(15)6-11(4-8)18-14-5-9(2)12(16)7-13(14)17/h3-7,18H,17H2,1-2H3. The van der Waals surface area contributed by atoms with Crippen LogP contribution < -0.4 is 11.1 Å². The van der Waals surface area contributed by atoms with E-state index in [-0.39, 0.29) is 11.6 Å². The number of benzene rings is 2. The fourth-order valence-corrected chi connectivity index (χ4v) is 1.77. The Morgan fingerprint density at radius 3 is 2.39 bits per heavy atom. The third kappa shape index (κ3) is 2.59. The molecular weight excluding hydrogens is 234 g/mol. The summed E-state index contributed by atoms with van der Waals surface area (Å²) >= 11 is 0. The molecule has 2 aromatic carbocycles. The molecule has 0 radical (unpaired) electrons. The third-order valence-electron chi connectivity index (χ3n) is 2.65. The number of aryl methyl sites for hydroxylation is 2. The molecule has 0 fully saturated rings. The molecule has 0 unspecified atom stereocenters. The highest BCUT2D eigenvalue weighted by atomic mass is 19.1. The van der Waals surface area contributed by atoms with Gasteiger partial charge in [0.05, 0.1) is 11.4 Å². The third-order valence-corrected chi connectivity index (χ3v) is 2.65. The van der Waals surface area contributed by atoms with Gasteiger partial charge in [0, 0.05) is 5.69 Å². The number of hydrogen-bond donors (Lipinski definition) is 2. The Labute approximate surface area is 104 Å². The summed E-state index contributed by atoms with van der Waals surface area (Å²) in [5, 5.41) is 2.99. The summed E-state index contributed by atoms with van der Waals surface area (Å²) < 4.78 is 26.5. The summed E-state index contributed by atoms with van der Waals surface area (Å²) in [5.74, 6) is -0.677. The zero-order chi connectivity index (χ0) is 13.3. The van der Waals surface area contributed by atoms with Crippen LogP contribution in [0.2, 0.25) is 0 Å². The van der Waals surface area contributed by atoms with Gasteiger partial charge in [0.2, 0.25) is 0 Å². The van der Waals surface area contributed by atoms with Gasteiger partial charge in [-0.2, -0.15) is 0 Å². The zero-order valence-corrected chi connectivity index (χ0v) is 10.2. The van der Waals surface area contributed by atoms with Crippen molar-refractivity contribution in [2.24, 2.45) is 0 Å². The molecule has 2 aromatic rings. The molecule has 0 amide bonds. The first-order valence-electron chi connectivity index (χ1n) is 5.55. The van der Waals surface area contributed by atoms with Crippen LogP contribution in [0.1, 0.15) is 11.1 Å². The summed E-state index contributed by atoms with van der Waals surface area (Å²) in [5.41, 5.74) is 8.45. The highest BCUT2D eigenvalue weighted by molar-refractivity contribution is 5.73. The lowest BCUT2D eigenvalue weighted by molar-refractivity contribution is 0.619. The van der Waals surface area contributed by atoms with Crippen molar-refractivity contribution in [3.05, 3.63) is 53.1 Å². The molecule has 18 heavy (non-hydrogen) atoms. The van der Waals surface area contributed by atoms with Crippen molar-refractivity contribution in [3.63, 3.8) is 0 Å². The molecule has 3 N–H and O–H groups in total. The Morgan fingerprint density at radius 1 is 1.00 bits per heavy atom. The van der Waals surface area contributed by atoms with Crippen LogP contribution >= 0.6 is 0 Å². The summed E-state index contributed by atoms with van der Waals surface area (Å²) in [7, 11) is 0. The Kier molecular flexibility index (Phi) is 3.19. The summed E-state index contributed by atoms with van der Waals surface area (Å²) in [4.78, 5) is 0. The molecule has 2 rings (SSSR count). The van der Waals surface area contributed by atoms with E-state index in [0.29, 0.717) is 22.6 Å². The van der Waals surface area contributed by atoms with E-state index >= 15 is 0 Å². The highest BCUT2D eigenvalue weighted by Gasteiger charge is 2.06. The van der Waals surface area contributed by atoms with Crippen LogP contribution in [-0.4, -0.2) is 0 Å². The number of halogens is 2. The molecule has 0 aliphatic carbocycles. The van der Waals surface area contributed by atoms with Crippen LogP contribution in [-0.2, 0) is 0 Å². The number of rotatable bonds is 2. The van der Waals surface area contributed by atoms with Gasteiger partial charge in [-0.15, -0.1) is 0 Å². The molecule has 0 aliphatic rings. The predicted octanol–water partition coefficient (Wildman–Crippen LogP) is 3.91. The quantitative estimate of drug-likeness (QED) is 0.791. The normalized spacial score (nSPS) is 10.4. The van der Waals surface area contributed by atoms with E-state index in [9.17, 15) is 8.78 Å². The minimum absolute atomic E-state index is 0.292. The maximum Gasteiger partial charge on any atom is 0.128 e. The maximum absolute atomic E-state index is 13.3. The minimum Gasteiger partial charge on any atom is -0.397 e. The van der Waals surface area contributed by atoms with Crippen molar-refractivity contribution >= 4 is 17.1 Å². The average Bonchev–Trinajstić information content (AvgIpc) is 2.24. The first kappa shape index (κ1) is 12.4. The first-order valence-corrected chi connectivity index (χ1v) is 5.55. The Morgan fingerprint density at radius 2 is 1.72 bits per heavy atom. The minimum atomic E-state index is -0.353. The number of nitrogens with two attached hydrogens (primary N) is 1. The lowest BCUT2D eigenvalue weighted by atomic mass is 10.1. The van der Waals surface area contributed by atoms with Crippen LogP contribution in [0.4, 0.5) is 25.8 Å². The molecule has 0 saturated carbocycles. The Hall–Kier alpha value is -2.10. The van der Waals surface area contributed by atoms with E-state index in [0.717, 1.165) is 5.56 Å². The molecule has 0 spiro atoms. The van der Waals surface area contributed by atoms with Crippen LogP contribution in [0.15, 0.2) is 30.3 Å². The van der Waals surface area contributed by atoms with Crippen molar-refractivity contribution < 1.29 is 8.78 Å². The molecule has 0 bridgehead atoms. The average molecular weight is 248 g/mol. The molecule has 0 aliphatic heterocycles. The van der Waals surface area contributed by atoms with Gasteiger partial charge in [0.1, 0.15) is 11.6 Å². The number of anilines is 3. The second kappa shape index (κ2) is 4.64. The SMILES string of the molecule is Cc1cc(F)cc(Nc2cc(C)c(F)cc2N)c1. The van der Waals surface area contributed by atoms with Crippen molar-refractivity contribution in [1.29, 1.82) is 0 Å². The molecular formula is C14H14F2N2. The molecule has 0 atom stereocenters. The second-order valence-corrected chi connectivity index (χ2v) is 4.33. The van der Waals surface area contributed by atoms with E-state index in [2.05, 4.69) is 5.32 Å². The molecule has 2 nitrogen and oxygen atoms in total. The van der Waals surface area contributed by atoms with Crippen molar-refractivity contribution in [2.45, 2.75) is 13.8 Å². The van der Waals surface area contributed by atoms with E-state index < -0.39 is 0 Å². The monoisotopic (exact) mass is 248 g/mol. The molecule has 4 heteroatoms.